The highest BCUT2D eigenvalue weighted by atomic mass is 16.5. The normalized spacial score (nSPS) is 13.0. The summed E-state index contributed by atoms with van der Waals surface area (Å²) in [7, 11) is 0. The highest BCUT2D eigenvalue weighted by Crippen LogP contribution is 2.23. The van der Waals surface area contributed by atoms with Crippen molar-refractivity contribution in [3.63, 3.8) is 0 Å². The van der Waals surface area contributed by atoms with E-state index in [1.54, 1.807) is 13.8 Å². The van der Waals surface area contributed by atoms with Gasteiger partial charge in [0.25, 0.3) is 5.91 Å². The molecule has 3 rings (SSSR count). The van der Waals surface area contributed by atoms with Crippen molar-refractivity contribution >= 4 is 22.8 Å². The van der Waals surface area contributed by atoms with Crippen LogP contribution in [0.4, 0.5) is 0 Å². The molecule has 28 heavy (non-hydrogen) atoms. The van der Waals surface area contributed by atoms with Gasteiger partial charge in [0.05, 0.1) is 22.8 Å². The molecule has 0 bridgehead atoms. The summed E-state index contributed by atoms with van der Waals surface area (Å²) in [5.41, 5.74) is 3.62. The number of hydrogen-bond donors (Lipinski definition) is 1. The molecule has 0 spiro atoms. The number of aromatic nitrogens is 1. The Morgan fingerprint density at radius 1 is 0.964 bits per heavy atom. The number of para-hydroxylation sites is 1. The summed E-state index contributed by atoms with van der Waals surface area (Å²) in [5.74, 6) is -0.878. The fourth-order valence-electron chi connectivity index (χ4n) is 3.26. The van der Waals surface area contributed by atoms with Crippen LogP contribution < -0.4 is 5.32 Å². The van der Waals surface area contributed by atoms with E-state index in [1.807, 2.05) is 68.4 Å². The Bertz CT molecular complexity index is 1020. The topological polar surface area (TPSA) is 68.3 Å². The third kappa shape index (κ3) is 4.03. The minimum atomic E-state index is -0.913. The Hall–Kier alpha value is -3.21. The SMILES string of the molecule is Cc1nc2ccccc2c(C)c1C(=O)OC(C)C(=O)NC(C)c1ccccc1. The standard InChI is InChI=1S/C23H24N2O3/c1-14-19-12-8-9-13-20(19)24-16(3)21(14)23(27)28-17(4)22(26)25-15(2)18-10-6-5-7-11-18/h5-13,15,17H,1-4H3,(H,25,26). The molecule has 0 radical (unpaired) electrons. The molecular formula is C23H24N2O3. The lowest BCUT2D eigenvalue weighted by Crippen LogP contribution is -2.37. The van der Waals surface area contributed by atoms with Gasteiger partial charge in [0.1, 0.15) is 0 Å². The summed E-state index contributed by atoms with van der Waals surface area (Å²) >= 11 is 0. The molecule has 2 atom stereocenters. The second-order valence-corrected chi connectivity index (χ2v) is 6.90. The number of aryl methyl sites for hydroxylation is 2. The van der Waals surface area contributed by atoms with Crippen LogP contribution >= 0.6 is 0 Å². The Morgan fingerprint density at radius 3 is 2.32 bits per heavy atom. The van der Waals surface area contributed by atoms with Crippen molar-refractivity contribution < 1.29 is 14.3 Å². The Labute approximate surface area is 164 Å². The summed E-state index contributed by atoms with van der Waals surface area (Å²) in [6, 6.07) is 17.1. The zero-order valence-corrected chi connectivity index (χ0v) is 16.5. The van der Waals surface area contributed by atoms with Crippen LogP contribution in [0.25, 0.3) is 10.9 Å². The molecule has 0 fully saturated rings. The Morgan fingerprint density at radius 2 is 1.61 bits per heavy atom. The number of carbonyl (C=O) groups is 2. The van der Waals surface area contributed by atoms with Gasteiger partial charge >= 0.3 is 5.97 Å². The molecule has 1 heterocycles. The van der Waals surface area contributed by atoms with Crippen LogP contribution in [0.15, 0.2) is 54.6 Å². The summed E-state index contributed by atoms with van der Waals surface area (Å²) in [6.07, 6.45) is -0.913. The lowest BCUT2D eigenvalue weighted by molar-refractivity contribution is -0.129. The minimum Gasteiger partial charge on any atom is -0.449 e. The zero-order chi connectivity index (χ0) is 20.3. The number of amides is 1. The average molecular weight is 376 g/mol. The molecule has 0 saturated carbocycles. The Kier molecular flexibility index (Phi) is 5.73. The number of nitrogens with zero attached hydrogens (tertiary/aromatic N) is 1. The minimum absolute atomic E-state index is 0.180. The van der Waals surface area contributed by atoms with E-state index in [2.05, 4.69) is 10.3 Å². The van der Waals surface area contributed by atoms with Crippen LogP contribution in [0.3, 0.4) is 0 Å². The molecule has 144 valence electrons. The van der Waals surface area contributed by atoms with Gasteiger partial charge in [0, 0.05) is 5.39 Å². The van der Waals surface area contributed by atoms with Crippen LogP contribution in [-0.4, -0.2) is 23.0 Å². The monoisotopic (exact) mass is 376 g/mol. The maximum absolute atomic E-state index is 12.8. The van der Waals surface area contributed by atoms with Crippen molar-refractivity contribution in [2.45, 2.75) is 39.8 Å². The van der Waals surface area contributed by atoms with Crippen LogP contribution in [0.2, 0.25) is 0 Å². The number of rotatable bonds is 5. The predicted molar refractivity (Wildman–Crippen MR) is 109 cm³/mol. The maximum Gasteiger partial charge on any atom is 0.341 e. The fraction of sp³-hybridized carbons (Fsp3) is 0.261. The molecule has 2 aromatic carbocycles. The van der Waals surface area contributed by atoms with Gasteiger partial charge in [0.15, 0.2) is 6.10 Å². The van der Waals surface area contributed by atoms with Gasteiger partial charge in [0.2, 0.25) is 0 Å². The van der Waals surface area contributed by atoms with E-state index >= 15 is 0 Å². The molecule has 2 unspecified atom stereocenters. The van der Waals surface area contributed by atoms with Crippen LogP contribution in [0, 0.1) is 13.8 Å². The molecule has 0 aliphatic rings. The molecule has 5 heteroatoms. The molecule has 0 aliphatic heterocycles. The van der Waals surface area contributed by atoms with Gasteiger partial charge in [-0.05, 0) is 44.9 Å². The van der Waals surface area contributed by atoms with Gasteiger partial charge in [-0.3, -0.25) is 9.78 Å². The van der Waals surface area contributed by atoms with E-state index in [-0.39, 0.29) is 11.9 Å². The molecular weight excluding hydrogens is 352 g/mol. The zero-order valence-electron chi connectivity index (χ0n) is 16.5. The molecule has 1 aromatic heterocycles. The van der Waals surface area contributed by atoms with E-state index in [1.165, 1.54) is 0 Å². The van der Waals surface area contributed by atoms with Gasteiger partial charge in [-0.25, -0.2) is 4.79 Å². The van der Waals surface area contributed by atoms with Gasteiger partial charge in [-0.15, -0.1) is 0 Å². The van der Waals surface area contributed by atoms with Crippen molar-refractivity contribution in [2.24, 2.45) is 0 Å². The van der Waals surface area contributed by atoms with Crippen molar-refractivity contribution in [1.29, 1.82) is 0 Å². The second kappa shape index (κ2) is 8.21. The van der Waals surface area contributed by atoms with Crippen molar-refractivity contribution in [3.8, 4) is 0 Å². The van der Waals surface area contributed by atoms with Crippen molar-refractivity contribution in [3.05, 3.63) is 77.0 Å². The number of benzene rings is 2. The lowest BCUT2D eigenvalue weighted by atomic mass is 10.0. The Balaban J connectivity index is 1.74. The first kappa shape index (κ1) is 19.5. The van der Waals surface area contributed by atoms with Crippen LogP contribution in [-0.2, 0) is 9.53 Å². The summed E-state index contributed by atoms with van der Waals surface area (Å²) in [4.78, 5) is 29.7. The molecule has 5 nitrogen and oxygen atoms in total. The first-order valence-electron chi connectivity index (χ1n) is 9.30. The smallest absolute Gasteiger partial charge is 0.341 e. The van der Waals surface area contributed by atoms with Crippen LogP contribution in [0.1, 0.15) is 47.1 Å². The largest absolute Gasteiger partial charge is 0.449 e. The van der Waals surface area contributed by atoms with E-state index in [0.717, 1.165) is 22.0 Å². The van der Waals surface area contributed by atoms with Gasteiger partial charge < -0.3 is 10.1 Å². The predicted octanol–water partition coefficient (Wildman–Crippen LogP) is 4.27. The first-order valence-corrected chi connectivity index (χ1v) is 9.30. The number of ether oxygens (including phenoxy) is 1. The van der Waals surface area contributed by atoms with Crippen LogP contribution in [0.5, 0.6) is 0 Å². The highest BCUT2D eigenvalue weighted by Gasteiger charge is 2.24. The molecule has 0 aliphatic carbocycles. The number of hydrogen-bond acceptors (Lipinski definition) is 4. The lowest BCUT2D eigenvalue weighted by Gasteiger charge is -2.19. The first-order chi connectivity index (χ1) is 13.4. The van der Waals surface area contributed by atoms with Crippen molar-refractivity contribution in [2.75, 3.05) is 0 Å². The van der Waals surface area contributed by atoms with Gasteiger partial charge in [-0.2, -0.15) is 0 Å². The third-order valence-electron chi connectivity index (χ3n) is 4.85. The number of esters is 1. The van der Waals surface area contributed by atoms with E-state index in [4.69, 9.17) is 4.74 Å². The number of nitrogens with one attached hydrogen (secondary N) is 1. The highest BCUT2D eigenvalue weighted by molar-refractivity contribution is 5.99. The van der Waals surface area contributed by atoms with E-state index in [0.29, 0.717) is 11.3 Å². The van der Waals surface area contributed by atoms with Gasteiger partial charge in [-0.1, -0.05) is 48.5 Å². The fourth-order valence-corrected chi connectivity index (χ4v) is 3.26. The third-order valence-corrected chi connectivity index (χ3v) is 4.85. The van der Waals surface area contributed by atoms with E-state index < -0.39 is 12.1 Å². The molecule has 1 amide bonds. The molecule has 0 saturated heterocycles. The van der Waals surface area contributed by atoms with E-state index in [9.17, 15) is 9.59 Å². The summed E-state index contributed by atoms with van der Waals surface area (Å²) < 4.78 is 5.45. The summed E-state index contributed by atoms with van der Waals surface area (Å²) in [6.45, 7) is 7.11. The molecule has 1 N–H and O–H groups in total. The second-order valence-electron chi connectivity index (χ2n) is 6.90. The average Bonchev–Trinajstić information content (AvgIpc) is 2.68. The quantitative estimate of drug-likeness (QED) is 0.675. The van der Waals surface area contributed by atoms with Crippen molar-refractivity contribution in [1.82, 2.24) is 10.3 Å². The number of pyridine rings is 1. The maximum atomic E-state index is 12.8. The summed E-state index contributed by atoms with van der Waals surface area (Å²) in [5, 5.41) is 3.78. The number of fused-ring (bicyclic) bond motifs is 1. The number of carbonyl (C=O) groups excluding carboxylic acids is 2. The molecule has 3 aromatic rings.